The van der Waals surface area contributed by atoms with E-state index in [1.807, 2.05) is 6.08 Å². The quantitative estimate of drug-likeness (QED) is 0.470. The molecule has 3 unspecified atom stereocenters. The monoisotopic (exact) mass is 406 g/mol. The molecule has 0 saturated heterocycles. The Hall–Kier alpha value is -1.72. The molecule has 4 fully saturated rings. The van der Waals surface area contributed by atoms with Gasteiger partial charge in [0, 0.05) is 5.41 Å². The zero-order chi connectivity index (χ0) is 21.0. The molecule has 0 aromatic rings. The molecule has 0 radical (unpaired) electrons. The fourth-order valence-electron chi connectivity index (χ4n) is 8.14. The summed E-state index contributed by atoms with van der Waals surface area (Å²) in [6, 6.07) is 0. The van der Waals surface area contributed by atoms with Crippen molar-refractivity contribution in [1.29, 1.82) is 0 Å². The van der Waals surface area contributed by atoms with Gasteiger partial charge in [-0.3, -0.25) is 0 Å². The number of hydrogen-bond donors (Lipinski definition) is 2. The first-order valence-corrected chi connectivity index (χ1v) is 11.1. The van der Waals surface area contributed by atoms with Crippen molar-refractivity contribution in [3.05, 3.63) is 12.7 Å². The number of carbonyl (C=O) groups is 2. The molecule has 0 bridgehead atoms. The van der Waals surface area contributed by atoms with Crippen LogP contribution in [0.15, 0.2) is 12.7 Å². The fourth-order valence-corrected chi connectivity index (χ4v) is 8.14. The van der Waals surface area contributed by atoms with Crippen LogP contribution in [0.1, 0.15) is 65.2 Å². The Balaban J connectivity index is 1.62. The average Bonchev–Trinajstić information content (AvgIpc) is 2.99. The lowest BCUT2D eigenvalue weighted by Gasteiger charge is -2.62. The minimum absolute atomic E-state index is 0.0923. The second-order valence-electron chi connectivity index (χ2n) is 10.3. The van der Waals surface area contributed by atoms with E-state index in [1.54, 1.807) is 0 Å². The van der Waals surface area contributed by atoms with Crippen LogP contribution >= 0.6 is 0 Å². The minimum atomic E-state index is -1.18. The zero-order valence-electron chi connectivity index (χ0n) is 17.5. The smallest absolute Gasteiger partial charge is 0.450 e. The first kappa shape index (κ1) is 20.5. The Morgan fingerprint density at radius 2 is 1.69 bits per heavy atom. The van der Waals surface area contributed by atoms with Gasteiger partial charge in [-0.25, -0.2) is 9.59 Å². The van der Waals surface area contributed by atoms with Crippen LogP contribution in [0.4, 0.5) is 9.59 Å². The molecule has 6 heteroatoms. The maximum atomic E-state index is 11.5. The van der Waals surface area contributed by atoms with E-state index in [-0.39, 0.29) is 23.0 Å². The number of hydrogen-bond acceptors (Lipinski definition) is 4. The van der Waals surface area contributed by atoms with Gasteiger partial charge in [0.1, 0.15) is 12.2 Å². The number of carboxylic acid groups (broad SMARTS) is 2. The number of ether oxygens (including phenoxy) is 2. The van der Waals surface area contributed by atoms with Crippen molar-refractivity contribution in [3.8, 4) is 0 Å². The molecule has 2 N–H and O–H groups in total. The van der Waals surface area contributed by atoms with E-state index in [0.717, 1.165) is 51.4 Å². The van der Waals surface area contributed by atoms with Crippen LogP contribution in [-0.2, 0) is 9.47 Å². The molecule has 4 aliphatic rings. The van der Waals surface area contributed by atoms with Crippen LogP contribution in [0, 0.1) is 40.4 Å². The van der Waals surface area contributed by atoms with Crippen molar-refractivity contribution in [2.75, 3.05) is 0 Å². The van der Waals surface area contributed by atoms with Crippen molar-refractivity contribution < 1.29 is 29.3 Å². The van der Waals surface area contributed by atoms with Crippen molar-refractivity contribution in [1.82, 2.24) is 0 Å². The molecule has 0 heterocycles. The highest BCUT2D eigenvalue weighted by Gasteiger charge is 2.64. The Bertz CT molecular complexity index is 691. The summed E-state index contributed by atoms with van der Waals surface area (Å²) in [5, 5.41) is 18.5. The summed E-state index contributed by atoms with van der Waals surface area (Å²) in [4.78, 5) is 22.5. The lowest BCUT2D eigenvalue weighted by Crippen LogP contribution is -2.59. The van der Waals surface area contributed by atoms with Crippen molar-refractivity contribution >= 4 is 12.3 Å². The lowest BCUT2D eigenvalue weighted by atomic mass is 9.44. The molecular weight excluding hydrogens is 372 g/mol. The molecule has 9 atom stereocenters. The van der Waals surface area contributed by atoms with E-state index in [0.29, 0.717) is 29.6 Å². The van der Waals surface area contributed by atoms with E-state index in [4.69, 9.17) is 14.6 Å². The summed E-state index contributed by atoms with van der Waals surface area (Å²) in [5.41, 5.74) is -0.0802. The van der Waals surface area contributed by atoms with Crippen LogP contribution in [0.3, 0.4) is 0 Å². The maximum Gasteiger partial charge on any atom is 0.506 e. The first-order valence-electron chi connectivity index (χ1n) is 11.1. The largest absolute Gasteiger partial charge is 0.506 e. The first-order chi connectivity index (χ1) is 13.7. The molecule has 0 aromatic heterocycles. The number of rotatable bonds is 3. The highest BCUT2D eigenvalue weighted by Crippen LogP contribution is 2.68. The van der Waals surface area contributed by atoms with Crippen LogP contribution in [0.5, 0.6) is 0 Å². The molecule has 4 aliphatic carbocycles. The van der Waals surface area contributed by atoms with Crippen molar-refractivity contribution in [2.24, 2.45) is 40.4 Å². The Morgan fingerprint density at radius 3 is 2.34 bits per heavy atom. The maximum absolute atomic E-state index is 11.5. The molecule has 0 amide bonds. The van der Waals surface area contributed by atoms with Crippen molar-refractivity contribution in [3.63, 3.8) is 0 Å². The third-order valence-electron chi connectivity index (χ3n) is 9.56. The van der Waals surface area contributed by atoms with Gasteiger partial charge in [-0.05, 0) is 86.4 Å². The van der Waals surface area contributed by atoms with Gasteiger partial charge in [-0.2, -0.15) is 0 Å². The lowest BCUT2D eigenvalue weighted by molar-refractivity contribution is -0.172. The summed E-state index contributed by atoms with van der Waals surface area (Å²) >= 11 is 0. The van der Waals surface area contributed by atoms with Gasteiger partial charge in [-0.1, -0.05) is 19.9 Å². The fraction of sp³-hybridized carbons (Fsp3) is 0.826. The number of allylic oxidation sites excluding steroid dienone is 1. The average molecular weight is 407 g/mol. The van der Waals surface area contributed by atoms with Gasteiger partial charge in [-0.15, -0.1) is 6.58 Å². The Morgan fingerprint density at radius 1 is 0.966 bits per heavy atom. The van der Waals surface area contributed by atoms with E-state index in [2.05, 4.69) is 20.4 Å². The van der Waals surface area contributed by atoms with Crippen LogP contribution in [0.25, 0.3) is 0 Å². The molecule has 0 spiro atoms. The zero-order valence-corrected chi connectivity index (χ0v) is 17.5. The molecule has 0 aromatic carbocycles. The minimum Gasteiger partial charge on any atom is -0.450 e. The Labute approximate surface area is 172 Å². The third-order valence-corrected chi connectivity index (χ3v) is 9.56. The molecular formula is C23H34O6. The van der Waals surface area contributed by atoms with Gasteiger partial charge in [0.15, 0.2) is 0 Å². The van der Waals surface area contributed by atoms with E-state index in [9.17, 15) is 14.7 Å². The summed E-state index contributed by atoms with van der Waals surface area (Å²) in [6.45, 7) is 8.62. The van der Waals surface area contributed by atoms with Crippen LogP contribution in [-0.4, -0.2) is 34.7 Å². The van der Waals surface area contributed by atoms with Crippen LogP contribution < -0.4 is 0 Å². The molecule has 0 aliphatic heterocycles. The van der Waals surface area contributed by atoms with E-state index in [1.165, 1.54) is 0 Å². The molecule has 162 valence electrons. The number of fused-ring (bicyclic) bond motifs is 5. The van der Waals surface area contributed by atoms with Gasteiger partial charge >= 0.3 is 12.3 Å². The third kappa shape index (κ3) is 3.14. The summed E-state index contributed by atoms with van der Waals surface area (Å²) in [7, 11) is 0. The topological polar surface area (TPSA) is 93.1 Å². The Kier molecular flexibility index (Phi) is 5.11. The highest BCUT2D eigenvalue weighted by molar-refractivity contribution is 5.57. The molecule has 6 nitrogen and oxygen atoms in total. The molecule has 4 rings (SSSR count). The summed E-state index contributed by atoms with van der Waals surface area (Å²) in [5.74, 6) is 2.17. The molecule has 29 heavy (non-hydrogen) atoms. The normalized spacial score (nSPS) is 48.6. The highest BCUT2D eigenvalue weighted by atomic mass is 16.7. The predicted molar refractivity (Wildman–Crippen MR) is 107 cm³/mol. The van der Waals surface area contributed by atoms with Gasteiger partial charge in [0.05, 0.1) is 0 Å². The second-order valence-corrected chi connectivity index (χ2v) is 10.3. The van der Waals surface area contributed by atoms with E-state index >= 15 is 0 Å². The summed E-state index contributed by atoms with van der Waals surface area (Å²) < 4.78 is 10.7. The van der Waals surface area contributed by atoms with Gasteiger partial charge in [0.2, 0.25) is 0 Å². The summed E-state index contributed by atoms with van der Waals surface area (Å²) in [6.07, 6.45) is 6.79. The van der Waals surface area contributed by atoms with Crippen LogP contribution in [0.2, 0.25) is 0 Å². The van der Waals surface area contributed by atoms with Gasteiger partial charge in [0.25, 0.3) is 0 Å². The standard InChI is InChI=1S/C23H34O6/c1-4-13-6-8-17-16-7-5-14-11-15(28-20(24)25)9-10-22(14,2)18(16)12-19(23(13,17)3)29-21(26)27/h4,13-19H,1,5-12H2,2-3H3,(H,24,25)(H,26,27)/t13-,14?,15?,16-,17-,18-,19?,22-,23+/m0/s1. The van der Waals surface area contributed by atoms with E-state index < -0.39 is 12.3 Å². The van der Waals surface area contributed by atoms with Crippen molar-refractivity contribution in [2.45, 2.75) is 77.4 Å². The predicted octanol–water partition coefficient (Wildman–Crippen LogP) is 5.57. The van der Waals surface area contributed by atoms with Gasteiger partial charge < -0.3 is 19.7 Å². The SMILES string of the molecule is C=C[C@H]1CC[C@H]2[C@@H]3CCC4CC(OC(=O)O)CC[C@]4(C)[C@H]3CC(OC(=O)O)[C@]12C. The second kappa shape index (κ2) is 7.21. The molecule has 4 saturated carbocycles.